The Labute approximate surface area is 337 Å². The highest BCUT2D eigenvalue weighted by Crippen LogP contribution is 2.27. The maximum absolute atomic E-state index is 9.04. The zero-order chi connectivity index (χ0) is 36.3. The maximum atomic E-state index is 9.04. The Kier molecular flexibility index (Phi) is 15.1. The average molecular weight is 956 g/mol. The van der Waals surface area contributed by atoms with Crippen LogP contribution in [0.3, 0.4) is 0 Å². The third-order valence-electron chi connectivity index (χ3n) is 9.96. The first kappa shape index (κ1) is 39.4. The second-order valence-electron chi connectivity index (χ2n) is 13.5. The molecule has 13 nitrogen and oxygen atoms in total. The molecular weight excluding hydrogens is 908 g/mol. The predicted octanol–water partition coefficient (Wildman–Crippen LogP) is 5.31. The van der Waals surface area contributed by atoms with Crippen LogP contribution in [0.15, 0.2) is 61.6 Å². The van der Waals surface area contributed by atoms with Crippen molar-refractivity contribution in [2.45, 2.75) is 56.7 Å². The smallest absolute Gasteiger partial charge is 0.129 e. The number of nitrogens with zero attached hydrogens (tertiary/aromatic N) is 10. The van der Waals surface area contributed by atoms with E-state index in [2.05, 4.69) is 118 Å². The molecule has 0 aromatic carbocycles. The molecule has 280 valence electrons. The zero-order valence-electron chi connectivity index (χ0n) is 29.3. The quantitative estimate of drug-likeness (QED) is 0.139. The molecule has 16 heteroatoms. The van der Waals surface area contributed by atoms with Crippen LogP contribution in [-0.4, -0.2) is 125 Å². The fourth-order valence-electron chi connectivity index (χ4n) is 7.02. The third-order valence-corrected chi connectivity index (χ3v) is 11.3. The summed E-state index contributed by atoms with van der Waals surface area (Å²) < 4.78 is 8.67. The van der Waals surface area contributed by atoms with E-state index in [1.54, 1.807) is 6.07 Å². The molecule has 3 aliphatic rings. The van der Waals surface area contributed by atoms with Crippen LogP contribution in [-0.2, 0) is 0 Å². The minimum atomic E-state index is 0.226. The van der Waals surface area contributed by atoms with Gasteiger partial charge in [-0.25, -0.2) is 4.98 Å². The molecule has 0 aliphatic carbocycles. The maximum Gasteiger partial charge on any atom is 0.129 e. The molecule has 5 aromatic heterocycles. The van der Waals surface area contributed by atoms with Crippen molar-refractivity contribution in [3.63, 3.8) is 0 Å². The van der Waals surface area contributed by atoms with Gasteiger partial charge in [0.1, 0.15) is 5.15 Å². The molecule has 0 amide bonds. The number of likely N-dealkylation sites (tertiary alicyclic amines) is 2. The molecule has 8 heterocycles. The summed E-state index contributed by atoms with van der Waals surface area (Å²) in [5.74, 6) is 0. The van der Waals surface area contributed by atoms with Crippen molar-refractivity contribution < 1.29 is 10.2 Å². The van der Waals surface area contributed by atoms with E-state index in [4.69, 9.17) is 21.8 Å². The van der Waals surface area contributed by atoms with Gasteiger partial charge >= 0.3 is 0 Å². The lowest BCUT2D eigenvalue weighted by atomic mass is 10.1. The van der Waals surface area contributed by atoms with Crippen molar-refractivity contribution >= 4 is 67.8 Å². The number of fused-ring (bicyclic) bond motifs is 1. The van der Waals surface area contributed by atoms with Gasteiger partial charge in [0.2, 0.25) is 0 Å². The summed E-state index contributed by atoms with van der Waals surface area (Å²) in [6.45, 7) is 8.46. The molecule has 8 rings (SSSR count). The Balaban J connectivity index is 0.000000146. The van der Waals surface area contributed by atoms with Crippen LogP contribution in [0.2, 0.25) is 5.15 Å². The summed E-state index contributed by atoms with van der Waals surface area (Å²) in [6.07, 6.45) is 20.6. The molecule has 3 saturated heterocycles. The largest absolute Gasteiger partial charge is 0.395 e. The van der Waals surface area contributed by atoms with E-state index in [0.29, 0.717) is 23.3 Å². The normalized spacial score (nSPS) is 18.2. The SMILES string of the molecule is Ic1cnn(C2CCNCC2)c1.OCCN1CCC(n2cc(-c3cnc4ccc(Cl)nc4c3)cn2)CC1.OCCN1CCC(n2cc(I)cn2)CC1. The summed E-state index contributed by atoms with van der Waals surface area (Å²) in [6, 6.07) is 7.19. The van der Waals surface area contributed by atoms with Crippen LogP contribution in [0.5, 0.6) is 0 Å². The summed E-state index contributed by atoms with van der Waals surface area (Å²) in [7, 11) is 0. The number of hydrogen-bond donors (Lipinski definition) is 3. The minimum absolute atomic E-state index is 0.226. The molecule has 0 bridgehead atoms. The van der Waals surface area contributed by atoms with Crippen LogP contribution in [0, 0.1) is 7.14 Å². The highest BCUT2D eigenvalue weighted by atomic mass is 127. The summed E-state index contributed by atoms with van der Waals surface area (Å²) >= 11 is 10.6. The topological polar surface area (TPSA) is 138 Å². The van der Waals surface area contributed by atoms with Gasteiger partial charge in [-0.2, -0.15) is 15.3 Å². The minimum Gasteiger partial charge on any atom is -0.395 e. The number of aromatic nitrogens is 8. The Morgan fingerprint density at radius 2 is 1.17 bits per heavy atom. The van der Waals surface area contributed by atoms with Crippen LogP contribution in [0.4, 0.5) is 0 Å². The molecule has 0 radical (unpaired) electrons. The van der Waals surface area contributed by atoms with Crippen LogP contribution in [0.25, 0.3) is 22.2 Å². The van der Waals surface area contributed by atoms with E-state index in [0.717, 1.165) is 100 Å². The predicted molar refractivity (Wildman–Crippen MR) is 220 cm³/mol. The van der Waals surface area contributed by atoms with Gasteiger partial charge in [-0.15, -0.1) is 0 Å². The summed E-state index contributed by atoms with van der Waals surface area (Å²) in [4.78, 5) is 13.4. The lowest BCUT2D eigenvalue weighted by molar-refractivity contribution is 0.145. The number of halogens is 3. The van der Waals surface area contributed by atoms with E-state index in [1.165, 1.54) is 20.0 Å². The molecule has 0 unspecified atom stereocenters. The van der Waals surface area contributed by atoms with Gasteiger partial charge in [0.15, 0.2) is 0 Å². The number of aliphatic hydroxyl groups is 2. The second-order valence-corrected chi connectivity index (χ2v) is 16.3. The molecule has 0 atom stereocenters. The van der Waals surface area contributed by atoms with Crippen molar-refractivity contribution in [2.75, 3.05) is 65.6 Å². The number of hydrogen-bond acceptors (Lipinski definition) is 10. The van der Waals surface area contributed by atoms with Gasteiger partial charge < -0.3 is 25.3 Å². The van der Waals surface area contributed by atoms with E-state index >= 15 is 0 Å². The number of piperidine rings is 3. The monoisotopic (exact) mass is 955 g/mol. The first-order valence-corrected chi connectivity index (χ1v) is 20.7. The molecular formula is C36H48ClI2N11O2. The van der Waals surface area contributed by atoms with Gasteiger partial charge in [-0.05, 0) is 115 Å². The standard InChI is InChI=1S/C18H20ClN5O.C10H16IN3O.C8H12IN3/c19-18-2-1-16-17(22-18)9-13(10-20-16)14-11-21-24(12-14)15-3-5-23(6-4-15)7-8-25;11-9-7-12-14(8-9)10-1-3-13(4-2-10)5-6-15;9-7-5-11-12(6-7)8-1-3-10-4-2-8/h1-2,9-12,15,25H,3-8H2;7-8,10,15H,1-6H2;5-6,8,10H,1-4H2. The van der Waals surface area contributed by atoms with E-state index in [1.807, 2.05) is 36.9 Å². The number of rotatable bonds is 8. The number of nitrogens with one attached hydrogen (secondary N) is 1. The fraction of sp³-hybridized carbons (Fsp3) is 0.528. The van der Waals surface area contributed by atoms with Gasteiger partial charge in [0, 0.05) is 75.2 Å². The molecule has 52 heavy (non-hydrogen) atoms. The highest BCUT2D eigenvalue weighted by Gasteiger charge is 2.22. The lowest BCUT2D eigenvalue weighted by Gasteiger charge is -2.31. The highest BCUT2D eigenvalue weighted by molar-refractivity contribution is 14.1. The number of aliphatic hydroxyl groups excluding tert-OH is 2. The molecule has 0 spiro atoms. The third kappa shape index (κ3) is 11.1. The van der Waals surface area contributed by atoms with Gasteiger partial charge in [0.05, 0.1) is 68.1 Å². The average Bonchev–Trinajstić information content (AvgIpc) is 3.95. The van der Waals surface area contributed by atoms with Crippen LogP contribution in [0.1, 0.15) is 56.7 Å². The van der Waals surface area contributed by atoms with Crippen molar-refractivity contribution in [1.82, 2.24) is 54.4 Å². The Morgan fingerprint density at radius 3 is 1.69 bits per heavy atom. The molecule has 5 aromatic rings. The van der Waals surface area contributed by atoms with Crippen LogP contribution < -0.4 is 5.32 Å². The molecule has 3 aliphatic heterocycles. The second kappa shape index (κ2) is 19.9. The molecule has 0 saturated carbocycles. The van der Waals surface area contributed by atoms with E-state index < -0.39 is 0 Å². The lowest BCUT2D eigenvalue weighted by Crippen LogP contribution is -2.36. The molecule has 3 N–H and O–H groups in total. The molecule has 3 fully saturated rings. The van der Waals surface area contributed by atoms with Gasteiger partial charge in [0.25, 0.3) is 0 Å². The Morgan fingerprint density at radius 1 is 0.654 bits per heavy atom. The van der Waals surface area contributed by atoms with Crippen LogP contribution >= 0.6 is 56.8 Å². The van der Waals surface area contributed by atoms with E-state index in [9.17, 15) is 0 Å². The van der Waals surface area contributed by atoms with Crippen molar-refractivity contribution in [3.8, 4) is 11.1 Å². The zero-order valence-corrected chi connectivity index (χ0v) is 34.4. The summed E-state index contributed by atoms with van der Waals surface area (Å²) in [5, 5.41) is 34.9. The first-order chi connectivity index (χ1) is 25.4. The Bertz CT molecular complexity index is 1810. The van der Waals surface area contributed by atoms with Crippen molar-refractivity contribution in [1.29, 1.82) is 0 Å². The van der Waals surface area contributed by atoms with Gasteiger partial charge in [-0.3, -0.25) is 19.0 Å². The van der Waals surface area contributed by atoms with Gasteiger partial charge in [-0.1, -0.05) is 11.6 Å². The van der Waals surface area contributed by atoms with Crippen molar-refractivity contribution in [2.24, 2.45) is 0 Å². The fourth-order valence-corrected chi connectivity index (χ4v) is 8.00. The van der Waals surface area contributed by atoms with Crippen molar-refractivity contribution in [3.05, 3.63) is 73.9 Å². The number of pyridine rings is 2. The summed E-state index contributed by atoms with van der Waals surface area (Å²) in [5.41, 5.74) is 3.65. The first-order valence-electron chi connectivity index (χ1n) is 18.1. The number of β-amino-alcohol motifs (C(OH)–C–C–N with tert-alkyl or cyclic N) is 2. The van der Waals surface area contributed by atoms with E-state index in [-0.39, 0.29) is 13.2 Å². The Hall–Kier alpha value is -2.26.